The third-order valence-electron chi connectivity index (χ3n) is 3.62. The number of hydrogen-bond acceptors (Lipinski definition) is 5. The normalized spacial score (nSPS) is 13.3. The number of rotatable bonds is 15. The summed E-state index contributed by atoms with van der Waals surface area (Å²) in [6.07, 6.45) is 1.82. The molecule has 0 saturated heterocycles. The van der Waals surface area contributed by atoms with E-state index < -0.39 is 0 Å². The summed E-state index contributed by atoms with van der Waals surface area (Å²) in [6, 6.07) is 0. The van der Waals surface area contributed by atoms with Gasteiger partial charge in [0.25, 0.3) is 0 Å². The minimum atomic E-state index is -0.132. The van der Waals surface area contributed by atoms with Gasteiger partial charge in [-0.3, -0.25) is 9.59 Å². The second-order valence-electron chi connectivity index (χ2n) is 5.70. The van der Waals surface area contributed by atoms with Gasteiger partial charge in [-0.15, -0.1) is 0 Å². The molecule has 0 aliphatic rings. The van der Waals surface area contributed by atoms with Crippen LogP contribution in [-0.2, 0) is 23.8 Å². The molecule has 0 saturated carbocycles. The molecule has 0 fully saturated rings. The fraction of sp³-hybridized carbons (Fsp3) is 0.882. The summed E-state index contributed by atoms with van der Waals surface area (Å²) in [6.45, 7) is 10.7. The maximum absolute atomic E-state index is 11.5. The Morgan fingerprint density at radius 3 is 2.00 bits per heavy atom. The van der Waals surface area contributed by atoms with Crippen molar-refractivity contribution in [3.05, 3.63) is 0 Å². The molecule has 142 valence electrons. The minimum absolute atomic E-state index is 0.0409. The zero-order valence-electron chi connectivity index (χ0n) is 15.6. The van der Waals surface area contributed by atoms with Crippen LogP contribution < -0.4 is 10.6 Å². The molecule has 2 amide bonds. The molecule has 2 unspecified atom stereocenters. The largest absolute Gasteiger partial charge is 0.377 e. The Hall–Kier alpha value is -1.18. The maximum atomic E-state index is 11.5. The number of ether oxygens (including phenoxy) is 3. The molecule has 0 bridgehead atoms. The van der Waals surface area contributed by atoms with E-state index in [9.17, 15) is 9.59 Å². The van der Waals surface area contributed by atoms with E-state index in [0.29, 0.717) is 39.5 Å². The summed E-state index contributed by atoms with van der Waals surface area (Å²) in [7, 11) is 0. The van der Waals surface area contributed by atoms with Crippen LogP contribution in [0.15, 0.2) is 0 Å². The fourth-order valence-corrected chi connectivity index (χ4v) is 1.58. The van der Waals surface area contributed by atoms with Crippen molar-refractivity contribution in [1.29, 1.82) is 0 Å². The van der Waals surface area contributed by atoms with Crippen LogP contribution in [0.1, 0.15) is 40.5 Å². The molecule has 7 heteroatoms. The molecule has 2 atom stereocenters. The molecule has 0 aromatic rings. The van der Waals surface area contributed by atoms with E-state index in [2.05, 4.69) is 10.6 Å². The van der Waals surface area contributed by atoms with Gasteiger partial charge in [-0.2, -0.15) is 0 Å². The van der Waals surface area contributed by atoms with Gasteiger partial charge in [-0.05, 0) is 19.8 Å². The van der Waals surface area contributed by atoms with Crippen LogP contribution in [0.25, 0.3) is 0 Å². The quantitative estimate of drug-likeness (QED) is 0.434. The Labute approximate surface area is 145 Å². The van der Waals surface area contributed by atoms with Gasteiger partial charge in [-0.25, -0.2) is 0 Å². The first-order valence-electron chi connectivity index (χ1n) is 8.82. The van der Waals surface area contributed by atoms with Gasteiger partial charge in [0, 0.05) is 19.0 Å². The lowest BCUT2D eigenvalue weighted by molar-refractivity contribution is -0.127. The number of carbonyl (C=O) groups is 2. The SMILES string of the molecule is CCC(C)OCC(=O)NCCOCCOCCNC(=O)C(C)CC. The molecule has 0 aromatic carbocycles. The van der Waals surface area contributed by atoms with E-state index >= 15 is 0 Å². The van der Waals surface area contributed by atoms with Gasteiger partial charge >= 0.3 is 0 Å². The summed E-state index contributed by atoms with van der Waals surface area (Å²) >= 11 is 0. The number of amides is 2. The molecule has 0 radical (unpaired) electrons. The number of hydrogen-bond donors (Lipinski definition) is 2. The van der Waals surface area contributed by atoms with Gasteiger partial charge in [0.15, 0.2) is 0 Å². The Kier molecular flexibility index (Phi) is 14.6. The molecule has 0 spiro atoms. The molecule has 24 heavy (non-hydrogen) atoms. The highest BCUT2D eigenvalue weighted by Crippen LogP contribution is 1.98. The molecule has 0 aromatic heterocycles. The molecule has 0 heterocycles. The van der Waals surface area contributed by atoms with E-state index in [4.69, 9.17) is 14.2 Å². The standard InChI is InChI=1S/C17H34N2O5/c1-5-14(3)17(21)19-8-10-23-12-11-22-9-7-18-16(20)13-24-15(4)6-2/h14-15H,5-13H2,1-4H3,(H,18,20)(H,19,21). The van der Waals surface area contributed by atoms with Gasteiger partial charge in [0.2, 0.25) is 11.8 Å². The number of carbonyl (C=O) groups excluding carboxylic acids is 2. The van der Waals surface area contributed by atoms with E-state index in [1.165, 1.54) is 0 Å². The van der Waals surface area contributed by atoms with Crippen molar-refractivity contribution in [3.63, 3.8) is 0 Å². The van der Waals surface area contributed by atoms with Gasteiger partial charge in [0.05, 0.1) is 32.5 Å². The third-order valence-corrected chi connectivity index (χ3v) is 3.62. The summed E-state index contributed by atoms with van der Waals surface area (Å²) in [5.74, 6) is -0.0308. The van der Waals surface area contributed by atoms with Crippen molar-refractivity contribution in [3.8, 4) is 0 Å². The van der Waals surface area contributed by atoms with Gasteiger partial charge in [-0.1, -0.05) is 20.8 Å². The molecule has 0 aliphatic carbocycles. The average molecular weight is 346 g/mol. The van der Waals surface area contributed by atoms with Crippen molar-refractivity contribution in [2.24, 2.45) is 5.92 Å². The molecular formula is C17H34N2O5. The predicted molar refractivity (Wildman–Crippen MR) is 92.8 cm³/mol. The zero-order valence-corrected chi connectivity index (χ0v) is 15.6. The first-order valence-corrected chi connectivity index (χ1v) is 8.82. The second kappa shape index (κ2) is 15.4. The molecule has 7 nitrogen and oxygen atoms in total. The van der Waals surface area contributed by atoms with Crippen molar-refractivity contribution >= 4 is 11.8 Å². The average Bonchev–Trinajstić information content (AvgIpc) is 2.59. The lowest BCUT2D eigenvalue weighted by Gasteiger charge is -2.11. The van der Waals surface area contributed by atoms with Crippen LogP contribution in [0.3, 0.4) is 0 Å². The molecule has 0 rings (SSSR count). The fourth-order valence-electron chi connectivity index (χ4n) is 1.58. The van der Waals surface area contributed by atoms with Gasteiger partial charge < -0.3 is 24.8 Å². The summed E-state index contributed by atoms with van der Waals surface area (Å²) in [4.78, 5) is 22.9. The van der Waals surface area contributed by atoms with Crippen LogP contribution in [-0.4, -0.2) is 64.0 Å². The van der Waals surface area contributed by atoms with Crippen molar-refractivity contribution in [1.82, 2.24) is 10.6 Å². The molecular weight excluding hydrogens is 312 g/mol. The summed E-state index contributed by atoms with van der Waals surface area (Å²) < 4.78 is 16.0. The molecule has 0 aliphatic heterocycles. The van der Waals surface area contributed by atoms with E-state index in [1.54, 1.807) is 0 Å². The lowest BCUT2D eigenvalue weighted by atomic mass is 10.1. The third kappa shape index (κ3) is 13.3. The van der Waals surface area contributed by atoms with Crippen LogP contribution >= 0.6 is 0 Å². The second-order valence-corrected chi connectivity index (χ2v) is 5.70. The smallest absolute Gasteiger partial charge is 0.246 e. The van der Waals surface area contributed by atoms with Crippen LogP contribution in [0.4, 0.5) is 0 Å². The Morgan fingerprint density at radius 1 is 0.875 bits per heavy atom. The topological polar surface area (TPSA) is 85.9 Å². The van der Waals surface area contributed by atoms with Crippen LogP contribution in [0, 0.1) is 5.92 Å². The number of nitrogens with one attached hydrogen (secondary N) is 2. The zero-order chi connectivity index (χ0) is 18.2. The highest BCUT2D eigenvalue weighted by atomic mass is 16.5. The predicted octanol–water partition coefficient (Wildman–Crippen LogP) is 1.11. The summed E-state index contributed by atoms with van der Waals surface area (Å²) in [5.41, 5.74) is 0. The van der Waals surface area contributed by atoms with E-state index in [0.717, 1.165) is 12.8 Å². The first-order chi connectivity index (χ1) is 11.5. The van der Waals surface area contributed by atoms with Crippen LogP contribution in [0.2, 0.25) is 0 Å². The highest BCUT2D eigenvalue weighted by Gasteiger charge is 2.08. The maximum Gasteiger partial charge on any atom is 0.246 e. The van der Waals surface area contributed by atoms with Crippen LogP contribution in [0.5, 0.6) is 0 Å². The van der Waals surface area contributed by atoms with Gasteiger partial charge in [0.1, 0.15) is 6.61 Å². The van der Waals surface area contributed by atoms with E-state index in [-0.39, 0.29) is 30.4 Å². The van der Waals surface area contributed by atoms with Crippen molar-refractivity contribution < 1.29 is 23.8 Å². The minimum Gasteiger partial charge on any atom is -0.377 e. The van der Waals surface area contributed by atoms with Crippen molar-refractivity contribution in [2.75, 3.05) is 46.1 Å². The monoisotopic (exact) mass is 346 g/mol. The summed E-state index contributed by atoms with van der Waals surface area (Å²) in [5, 5.41) is 5.54. The van der Waals surface area contributed by atoms with Crippen molar-refractivity contribution in [2.45, 2.75) is 46.6 Å². The molecule has 2 N–H and O–H groups in total. The highest BCUT2D eigenvalue weighted by molar-refractivity contribution is 5.78. The first kappa shape index (κ1) is 22.8. The van der Waals surface area contributed by atoms with E-state index in [1.807, 2.05) is 27.7 Å². The Balaban J connectivity index is 3.31. The lowest BCUT2D eigenvalue weighted by Crippen LogP contribution is -2.32. The Morgan fingerprint density at radius 2 is 1.46 bits per heavy atom. The Bertz CT molecular complexity index is 339.